The molecule has 0 aliphatic carbocycles. The second-order valence-corrected chi connectivity index (χ2v) is 14.6. The van der Waals surface area contributed by atoms with Crippen LogP contribution < -0.4 is 15.1 Å². The smallest absolute Gasteiger partial charge is 0.266 e. The summed E-state index contributed by atoms with van der Waals surface area (Å²) in [4.78, 5) is 54.8. The van der Waals surface area contributed by atoms with Gasteiger partial charge >= 0.3 is 0 Å². The third-order valence-electron chi connectivity index (χ3n) is 8.52. The number of nitrogens with one attached hydrogen (secondary N) is 1. The Morgan fingerprint density at radius 3 is 2.51 bits per heavy atom. The Hall–Kier alpha value is -3.58. The summed E-state index contributed by atoms with van der Waals surface area (Å²) in [5, 5.41) is 3.24. The normalized spacial score (nSPS) is 18.3. The molecule has 0 aromatic heterocycles. The summed E-state index contributed by atoms with van der Waals surface area (Å²) < 4.78 is 30.0. The molecule has 0 radical (unpaired) electrons. The SMILES string of the molecule is CCC(=O)N1CCc2cc(Br)cc(S(=O)(=O)N3CCC[C@H](C(=O)Nc4ccc(N5C(=O)c6ccc(Cl)cc6C5=O)c(C)c4)C3)c21. The van der Waals surface area contributed by atoms with E-state index in [9.17, 15) is 27.6 Å². The highest BCUT2D eigenvalue weighted by Gasteiger charge is 2.39. The number of hydrogen-bond acceptors (Lipinski definition) is 6. The van der Waals surface area contributed by atoms with Gasteiger partial charge in [0.25, 0.3) is 11.8 Å². The molecule has 1 N–H and O–H groups in total. The number of fused-ring (bicyclic) bond motifs is 2. The van der Waals surface area contributed by atoms with Crippen molar-refractivity contribution in [2.45, 2.75) is 44.4 Å². The number of amides is 4. The van der Waals surface area contributed by atoms with E-state index >= 15 is 0 Å². The van der Waals surface area contributed by atoms with Gasteiger partial charge in [0.2, 0.25) is 21.8 Å². The van der Waals surface area contributed by atoms with Gasteiger partial charge in [0, 0.05) is 41.2 Å². The zero-order chi connectivity index (χ0) is 32.2. The number of sulfonamides is 1. The van der Waals surface area contributed by atoms with E-state index in [0.717, 1.165) is 10.5 Å². The molecule has 3 aliphatic heterocycles. The van der Waals surface area contributed by atoms with Crippen molar-refractivity contribution in [3.05, 3.63) is 80.3 Å². The molecular formula is C32H30BrClN4O6S. The van der Waals surface area contributed by atoms with Crippen LogP contribution in [0.4, 0.5) is 17.1 Å². The minimum absolute atomic E-state index is 0.00809. The number of carbonyl (C=O) groups excluding carboxylic acids is 4. The first kappa shape index (κ1) is 31.4. The highest BCUT2D eigenvalue weighted by molar-refractivity contribution is 9.10. The fourth-order valence-corrected chi connectivity index (χ4v) is 8.89. The minimum Gasteiger partial charge on any atom is -0.326 e. The van der Waals surface area contributed by atoms with Gasteiger partial charge in [-0.25, -0.2) is 13.3 Å². The second-order valence-electron chi connectivity index (χ2n) is 11.4. The number of aryl methyl sites for hydroxylation is 1. The van der Waals surface area contributed by atoms with E-state index in [1.54, 1.807) is 43.0 Å². The molecule has 13 heteroatoms. The largest absolute Gasteiger partial charge is 0.326 e. The van der Waals surface area contributed by atoms with Crippen LogP contribution in [0.2, 0.25) is 5.02 Å². The van der Waals surface area contributed by atoms with Crippen LogP contribution in [0.25, 0.3) is 0 Å². The van der Waals surface area contributed by atoms with Gasteiger partial charge < -0.3 is 10.2 Å². The molecule has 4 amide bonds. The van der Waals surface area contributed by atoms with Gasteiger partial charge in [-0.2, -0.15) is 4.31 Å². The Morgan fingerprint density at radius 2 is 1.78 bits per heavy atom. The highest BCUT2D eigenvalue weighted by atomic mass is 79.9. The third kappa shape index (κ3) is 5.58. The third-order valence-corrected chi connectivity index (χ3v) is 11.1. The maximum absolute atomic E-state index is 14.0. The van der Waals surface area contributed by atoms with E-state index in [2.05, 4.69) is 21.2 Å². The van der Waals surface area contributed by atoms with E-state index in [1.165, 1.54) is 22.5 Å². The van der Waals surface area contributed by atoms with Crippen molar-refractivity contribution >= 4 is 78.2 Å². The predicted molar refractivity (Wildman–Crippen MR) is 174 cm³/mol. The van der Waals surface area contributed by atoms with Crippen molar-refractivity contribution in [3.8, 4) is 0 Å². The van der Waals surface area contributed by atoms with Crippen molar-refractivity contribution in [1.82, 2.24) is 4.31 Å². The van der Waals surface area contributed by atoms with Gasteiger partial charge in [0.15, 0.2) is 0 Å². The lowest BCUT2D eigenvalue weighted by Crippen LogP contribution is -2.44. The summed E-state index contributed by atoms with van der Waals surface area (Å²) in [5.74, 6) is -2.01. The van der Waals surface area contributed by atoms with Crippen molar-refractivity contribution < 1.29 is 27.6 Å². The summed E-state index contributed by atoms with van der Waals surface area (Å²) in [6, 6.07) is 12.8. The first-order chi connectivity index (χ1) is 21.4. The van der Waals surface area contributed by atoms with Crippen LogP contribution in [0.15, 0.2) is 57.9 Å². The fraction of sp³-hybridized carbons (Fsp3) is 0.312. The highest BCUT2D eigenvalue weighted by Crippen LogP contribution is 2.40. The Morgan fingerprint density at radius 1 is 1.02 bits per heavy atom. The van der Waals surface area contributed by atoms with Crippen molar-refractivity contribution in [2.75, 3.05) is 34.8 Å². The molecule has 6 rings (SSSR count). The Bertz CT molecular complexity index is 1900. The van der Waals surface area contributed by atoms with Crippen LogP contribution >= 0.6 is 27.5 Å². The Kier molecular flexibility index (Phi) is 8.36. The van der Waals surface area contributed by atoms with Gasteiger partial charge in [-0.05, 0) is 85.8 Å². The molecule has 3 aromatic rings. The second kappa shape index (κ2) is 12.0. The number of anilines is 3. The molecule has 0 saturated carbocycles. The van der Waals surface area contributed by atoms with Gasteiger partial charge in [-0.15, -0.1) is 0 Å². The average Bonchev–Trinajstić information content (AvgIpc) is 3.54. The van der Waals surface area contributed by atoms with Crippen LogP contribution in [-0.2, 0) is 26.0 Å². The Balaban J connectivity index is 1.19. The standard InChI is InChI=1S/C32H30BrClN4O6S/c1-3-28(39)37-12-10-19-14-21(33)15-27(29(19)37)45(43,44)36-11-4-5-20(17-36)30(40)35-23-7-9-26(18(2)13-23)38-31(41)24-8-6-22(34)16-25(24)32(38)42/h6-9,13-16,20H,3-5,10-12,17H2,1-2H3,(H,35,40)/t20-/m0/s1. The zero-order valence-corrected chi connectivity index (χ0v) is 27.8. The lowest BCUT2D eigenvalue weighted by Gasteiger charge is -2.32. The maximum Gasteiger partial charge on any atom is 0.266 e. The van der Waals surface area contributed by atoms with Crippen LogP contribution in [-0.4, -0.2) is 56.0 Å². The molecule has 1 atom stereocenters. The molecule has 0 bridgehead atoms. The summed E-state index contributed by atoms with van der Waals surface area (Å²) in [5.41, 5.74) is 3.17. The number of halogens is 2. The number of piperidine rings is 1. The van der Waals surface area contributed by atoms with Crippen molar-refractivity contribution in [1.29, 1.82) is 0 Å². The number of carbonyl (C=O) groups is 4. The molecule has 3 aliphatic rings. The molecule has 1 fully saturated rings. The van der Waals surface area contributed by atoms with E-state index in [1.807, 2.05) is 6.07 Å². The van der Waals surface area contributed by atoms with E-state index in [-0.39, 0.29) is 47.3 Å². The van der Waals surface area contributed by atoms with Crippen LogP contribution in [0.5, 0.6) is 0 Å². The van der Waals surface area contributed by atoms with E-state index in [0.29, 0.717) is 57.9 Å². The quantitative estimate of drug-likeness (QED) is 0.334. The summed E-state index contributed by atoms with van der Waals surface area (Å²) in [6.07, 6.45) is 1.82. The molecule has 3 heterocycles. The van der Waals surface area contributed by atoms with Crippen molar-refractivity contribution in [2.24, 2.45) is 5.92 Å². The van der Waals surface area contributed by atoms with Gasteiger partial charge in [0.1, 0.15) is 4.90 Å². The monoisotopic (exact) mass is 712 g/mol. The number of imide groups is 1. The molecular weight excluding hydrogens is 684 g/mol. The molecule has 0 unspecified atom stereocenters. The predicted octanol–water partition coefficient (Wildman–Crippen LogP) is 5.55. The summed E-state index contributed by atoms with van der Waals surface area (Å²) in [7, 11) is -4.03. The summed E-state index contributed by atoms with van der Waals surface area (Å²) >= 11 is 9.47. The number of hydrogen-bond donors (Lipinski definition) is 1. The Labute approximate surface area is 274 Å². The lowest BCUT2D eigenvalue weighted by molar-refractivity contribution is -0.121. The number of nitrogens with zero attached hydrogens (tertiary/aromatic N) is 3. The number of rotatable bonds is 6. The first-order valence-corrected chi connectivity index (χ1v) is 17.2. The van der Waals surface area contributed by atoms with Gasteiger partial charge in [-0.1, -0.05) is 34.5 Å². The molecule has 10 nitrogen and oxygen atoms in total. The minimum atomic E-state index is -4.03. The molecule has 234 valence electrons. The van der Waals surface area contributed by atoms with Gasteiger partial charge in [-0.3, -0.25) is 19.2 Å². The van der Waals surface area contributed by atoms with Crippen LogP contribution in [0.1, 0.15) is 58.0 Å². The molecule has 45 heavy (non-hydrogen) atoms. The lowest BCUT2D eigenvalue weighted by atomic mass is 9.98. The van der Waals surface area contributed by atoms with Crippen molar-refractivity contribution in [3.63, 3.8) is 0 Å². The first-order valence-electron chi connectivity index (χ1n) is 14.6. The molecule has 0 spiro atoms. The molecule has 3 aromatic carbocycles. The van der Waals surface area contributed by atoms with Crippen LogP contribution in [0.3, 0.4) is 0 Å². The van der Waals surface area contributed by atoms with Crippen LogP contribution in [0, 0.1) is 12.8 Å². The fourth-order valence-electron chi connectivity index (χ4n) is 6.28. The number of benzene rings is 3. The average molecular weight is 714 g/mol. The maximum atomic E-state index is 14.0. The molecule has 1 saturated heterocycles. The summed E-state index contributed by atoms with van der Waals surface area (Å²) in [6.45, 7) is 4.16. The zero-order valence-electron chi connectivity index (χ0n) is 24.6. The topological polar surface area (TPSA) is 124 Å². The van der Waals surface area contributed by atoms with E-state index in [4.69, 9.17) is 11.6 Å². The van der Waals surface area contributed by atoms with Gasteiger partial charge in [0.05, 0.1) is 28.4 Å². The van der Waals surface area contributed by atoms with E-state index < -0.39 is 27.8 Å².